The highest BCUT2D eigenvalue weighted by atomic mass is 19.1. The standard InChI is InChI=1S/C21H24FNO4.C4H10.2C2H6/c1-5-9-23-12-16(21(26)27)19(25)11-14(3)13(2)10-15(4)20-17(22)7-6-8-18(20)24;1-4(2)3;2*1-2/h6-8,10-12,24-25H,4-5,9H2,1-3H3,(H,26,27);4H,1-3H3;2*1-2H3/b13-10+,14-11+,19-16-,23-12?;;;. The molecule has 0 unspecified atom stereocenters. The van der Waals surface area contributed by atoms with Crippen molar-refractivity contribution in [2.24, 2.45) is 10.9 Å². The Morgan fingerprint density at radius 1 is 1.06 bits per heavy atom. The summed E-state index contributed by atoms with van der Waals surface area (Å²) < 4.78 is 13.9. The predicted molar refractivity (Wildman–Crippen MR) is 149 cm³/mol. The van der Waals surface area contributed by atoms with Crippen molar-refractivity contribution in [2.75, 3.05) is 6.54 Å². The highest BCUT2D eigenvalue weighted by Gasteiger charge is 2.12. The number of benzene rings is 1. The number of allylic oxidation sites excluding steroid dienone is 5. The maximum absolute atomic E-state index is 13.9. The lowest BCUT2D eigenvalue weighted by molar-refractivity contribution is -0.132. The minimum Gasteiger partial charge on any atom is -0.507 e. The Hall–Kier alpha value is -3.15. The first-order chi connectivity index (χ1) is 16.4. The number of carbonyl (C=O) groups is 1. The Balaban J connectivity index is -0.00000113. The molecule has 0 radical (unpaired) electrons. The molecule has 6 heteroatoms. The second-order valence-corrected chi connectivity index (χ2v) is 7.69. The van der Waals surface area contributed by atoms with Gasteiger partial charge in [-0.15, -0.1) is 0 Å². The molecule has 35 heavy (non-hydrogen) atoms. The Morgan fingerprint density at radius 3 is 1.97 bits per heavy atom. The average molecular weight is 492 g/mol. The van der Waals surface area contributed by atoms with E-state index in [4.69, 9.17) is 0 Å². The van der Waals surface area contributed by atoms with E-state index in [0.29, 0.717) is 17.7 Å². The average Bonchev–Trinajstić information content (AvgIpc) is 2.78. The van der Waals surface area contributed by atoms with Crippen LogP contribution in [0.2, 0.25) is 0 Å². The van der Waals surface area contributed by atoms with Crippen molar-refractivity contribution in [1.82, 2.24) is 0 Å². The van der Waals surface area contributed by atoms with E-state index in [1.54, 1.807) is 19.9 Å². The third-order valence-corrected chi connectivity index (χ3v) is 3.76. The predicted octanol–water partition coefficient (Wildman–Crippen LogP) is 8.53. The van der Waals surface area contributed by atoms with Crippen LogP contribution in [0.4, 0.5) is 4.39 Å². The molecule has 1 rings (SSSR count). The number of phenols is 1. The Bertz CT molecular complexity index is 871. The second kappa shape index (κ2) is 21.4. The van der Waals surface area contributed by atoms with Crippen molar-refractivity contribution in [2.45, 2.75) is 75.7 Å². The molecule has 0 aliphatic rings. The number of phenolic OH excluding ortho intramolecular Hbond substituents is 1. The Kier molecular flexibility index (Phi) is 22.3. The SMILES string of the molecule is C=C(/C=C(C)/C(C)=C/C(O)=C(\C=NCCC)C(=O)O)c1c(O)cccc1F.CC.CC.CC(C)C. The van der Waals surface area contributed by atoms with Gasteiger partial charge in [-0.2, -0.15) is 0 Å². The number of hydrogen-bond donors (Lipinski definition) is 3. The van der Waals surface area contributed by atoms with Crippen molar-refractivity contribution in [3.8, 4) is 5.75 Å². The van der Waals surface area contributed by atoms with Gasteiger partial charge in [-0.25, -0.2) is 9.18 Å². The van der Waals surface area contributed by atoms with E-state index in [1.807, 2.05) is 34.6 Å². The first-order valence-electron chi connectivity index (χ1n) is 12.1. The zero-order chi connectivity index (χ0) is 28.1. The molecule has 0 spiro atoms. The molecule has 0 amide bonds. The number of hydrogen-bond acceptors (Lipinski definition) is 4. The summed E-state index contributed by atoms with van der Waals surface area (Å²) in [5.74, 6) is -1.73. The van der Waals surface area contributed by atoms with Gasteiger partial charge in [-0.3, -0.25) is 4.99 Å². The van der Waals surface area contributed by atoms with Gasteiger partial charge in [0.25, 0.3) is 0 Å². The molecule has 5 nitrogen and oxygen atoms in total. The van der Waals surface area contributed by atoms with E-state index in [9.17, 15) is 24.5 Å². The van der Waals surface area contributed by atoms with Crippen LogP contribution in [0.3, 0.4) is 0 Å². The number of nitrogens with zero attached hydrogens (tertiary/aromatic N) is 1. The molecule has 0 saturated heterocycles. The molecule has 198 valence electrons. The number of halogens is 1. The van der Waals surface area contributed by atoms with Crippen LogP contribution in [-0.4, -0.2) is 34.0 Å². The summed E-state index contributed by atoms with van der Waals surface area (Å²) in [4.78, 5) is 15.2. The van der Waals surface area contributed by atoms with Gasteiger partial charge in [-0.05, 0) is 61.1 Å². The molecule has 1 aromatic carbocycles. The molecular formula is C29H46FNO4. The molecule has 0 aliphatic carbocycles. The third-order valence-electron chi connectivity index (χ3n) is 3.76. The van der Waals surface area contributed by atoms with Gasteiger partial charge in [0.2, 0.25) is 0 Å². The Labute approximate surface area is 212 Å². The minimum absolute atomic E-state index is 0.0117. The number of aliphatic hydroxyl groups excluding tert-OH is 1. The summed E-state index contributed by atoms with van der Waals surface area (Å²) in [5, 5.41) is 29.2. The van der Waals surface area contributed by atoms with E-state index in [2.05, 4.69) is 32.3 Å². The Morgan fingerprint density at radius 2 is 1.54 bits per heavy atom. The van der Waals surface area contributed by atoms with Crippen LogP contribution in [0.25, 0.3) is 5.57 Å². The summed E-state index contributed by atoms with van der Waals surface area (Å²) in [6.45, 7) is 24.0. The summed E-state index contributed by atoms with van der Waals surface area (Å²) in [6, 6.07) is 3.97. The number of aliphatic carboxylic acids is 1. The molecule has 0 fully saturated rings. The fourth-order valence-corrected chi connectivity index (χ4v) is 2.19. The molecule has 3 N–H and O–H groups in total. The monoisotopic (exact) mass is 491 g/mol. The maximum atomic E-state index is 13.9. The molecule has 0 heterocycles. The van der Waals surface area contributed by atoms with Crippen LogP contribution in [0, 0.1) is 11.7 Å². The molecule has 0 aliphatic heterocycles. The zero-order valence-electron chi connectivity index (χ0n) is 23.2. The first kappa shape index (κ1) is 36.4. The second-order valence-electron chi connectivity index (χ2n) is 7.69. The van der Waals surface area contributed by atoms with Gasteiger partial charge in [0.1, 0.15) is 22.9 Å². The smallest absolute Gasteiger partial charge is 0.341 e. The van der Waals surface area contributed by atoms with E-state index >= 15 is 0 Å². The van der Waals surface area contributed by atoms with Gasteiger partial charge in [0.15, 0.2) is 0 Å². The summed E-state index contributed by atoms with van der Waals surface area (Å²) in [5.41, 5.74) is 1.09. The molecule has 0 bridgehead atoms. The lowest BCUT2D eigenvalue weighted by Gasteiger charge is -2.08. The van der Waals surface area contributed by atoms with Crippen LogP contribution in [0.15, 0.2) is 64.4 Å². The van der Waals surface area contributed by atoms with Gasteiger partial charge in [-0.1, -0.05) is 74.1 Å². The van der Waals surface area contributed by atoms with Crippen molar-refractivity contribution in [3.63, 3.8) is 0 Å². The summed E-state index contributed by atoms with van der Waals surface area (Å²) >= 11 is 0. The number of aromatic hydroxyl groups is 1. The summed E-state index contributed by atoms with van der Waals surface area (Å²) in [7, 11) is 0. The van der Waals surface area contributed by atoms with Crippen LogP contribution < -0.4 is 0 Å². The van der Waals surface area contributed by atoms with Crippen molar-refractivity contribution in [1.29, 1.82) is 0 Å². The number of rotatable bonds is 8. The van der Waals surface area contributed by atoms with Gasteiger partial charge in [0, 0.05) is 12.8 Å². The number of aliphatic imine (C=N–C) groups is 1. The van der Waals surface area contributed by atoms with Crippen LogP contribution in [-0.2, 0) is 4.79 Å². The molecule has 0 atom stereocenters. The van der Waals surface area contributed by atoms with Gasteiger partial charge < -0.3 is 15.3 Å². The van der Waals surface area contributed by atoms with Crippen molar-refractivity contribution in [3.05, 3.63) is 70.8 Å². The van der Waals surface area contributed by atoms with E-state index in [0.717, 1.165) is 18.6 Å². The lowest BCUT2D eigenvalue weighted by atomic mass is 10.00. The van der Waals surface area contributed by atoms with Gasteiger partial charge >= 0.3 is 5.97 Å². The first-order valence-corrected chi connectivity index (χ1v) is 12.1. The van der Waals surface area contributed by atoms with Crippen LogP contribution >= 0.6 is 0 Å². The van der Waals surface area contributed by atoms with E-state index in [-0.39, 0.29) is 22.5 Å². The topological polar surface area (TPSA) is 90.1 Å². The third kappa shape index (κ3) is 16.2. The van der Waals surface area contributed by atoms with Crippen molar-refractivity contribution >= 4 is 17.8 Å². The molecule has 0 saturated carbocycles. The molecular weight excluding hydrogens is 445 g/mol. The largest absolute Gasteiger partial charge is 0.507 e. The van der Waals surface area contributed by atoms with E-state index in [1.165, 1.54) is 24.3 Å². The normalized spacial score (nSPS) is 11.9. The highest BCUT2D eigenvalue weighted by molar-refractivity contribution is 6.09. The fourth-order valence-electron chi connectivity index (χ4n) is 2.19. The van der Waals surface area contributed by atoms with Crippen molar-refractivity contribution < 1.29 is 24.5 Å². The number of aliphatic hydroxyl groups is 1. The van der Waals surface area contributed by atoms with Crippen LogP contribution in [0.1, 0.15) is 81.2 Å². The quantitative estimate of drug-likeness (QED) is 0.147. The minimum atomic E-state index is -1.29. The fraction of sp³-hybridized carbons (Fsp3) is 0.448. The number of carboxylic acid groups (broad SMARTS) is 1. The van der Waals surface area contributed by atoms with Gasteiger partial charge in [0.05, 0.1) is 5.56 Å². The molecule has 0 aromatic heterocycles. The maximum Gasteiger partial charge on any atom is 0.341 e. The zero-order valence-corrected chi connectivity index (χ0v) is 23.2. The lowest BCUT2D eigenvalue weighted by Crippen LogP contribution is -2.06. The van der Waals surface area contributed by atoms with Crippen LogP contribution in [0.5, 0.6) is 5.75 Å². The van der Waals surface area contributed by atoms with E-state index < -0.39 is 17.5 Å². The summed E-state index contributed by atoms with van der Waals surface area (Å²) in [6.07, 6.45) is 4.72. The number of carboxylic acids is 1. The molecule has 1 aromatic rings. The highest BCUT2D eigenvalue weighted by Crippen LogP contribution is 2.29.